The predicted molar refractivity (Wildman–Crippen MR) is 108 cm³/mol. The van der Waals surface area contributed by atoms with Crippen molar-refractivity contribution in [2.24, 2.45) is 11.8 Å². The normalized spacial score (nSPS) is 21.9. The summed E-state index contributed by atoms with van der Waals surface area (Å²) < 4.78 is 24.6. The van der Waals surface area contributed by atoms with Crippen LogP contribution in [0.1, 0.15) is 31.7 Å². The van der Waals surface area contributed by atoms with Crippen molar-refractivity contribution in [3.8, 4) is 0 Å². The molecule has 0 saturated carbocycles. The third-order valence-corrected chi connectivity index (χ3v) is 7.07. The van der Waals surface area contributed by atoms with E-state index in [0.717, 1.165) is 30.5 Å². The third-order valence-electron chi connectivity index (χ3n) is 5.77. The van der Waals surface area contributed by atoms with Gasteiger partial charge < -0.3 is 10.2 Å². The molecule has 2 fully saturated rings. The van der Waals surface area contributed by atoms with Crippen molar-refractivity contribution in [1.29, 1.82) is 0 Å². The van der Waals surface area contributed by atoms with Gasteiger partial charge in [-0.25, -0.2) is 12.7 Å². The van der Waals surface area contributed by atoms with E-state index in [9.17, 15) is 18.0 Å². The number of hydrogen-bond acceptors (Lipinski definition) is 4. The highest BCUT2D eigenvalue weighted by Gasteiger charge is 2.36. The summed E-state index contributed by atoms with van der Waals surface area (Å²) in [6, 6.07) is 7.83. The minimum Gasteiger partial charge on any atom is -0.356 e. The van der Waals surface area contributed by atoms with E-state index in [1.54, 1.807) is 4.90 Å². The van der Waals surface area contributed by atoms with E-state index in [1.165, 1.54) is 10.6 Å². The van der Waals surface area contributed by atoms with Crippen molar-refractivity contribution < 1.29 is 18.0 Å². The molecule has 0 radical (unpaired) electrons. The maximum atomic E-state index is 12.6. The van der Waals surface area contributed by atoms with E-state index in [-0.39, 0.29) is 30.1 Å². The number of para-hydroxylation sites is 1. The SMILES string of the molecule is CCc1ccccc1N1CC(C(=O)NCC2CCN(S(C)(=O)=O)CC2)CC1=O. The van der Waals surface area contributed by atoms with Crippen molar-refractivity contribution in [2.45, 2.75) is 32.6 Å². The van der Waals surface area contributed by atoms with Gasteiger partial charge in [-0.15, -0.1) is 0 Å². The Kier molecular flexibility index (Phi) is 6.40. The van der Waals surface area contributed by atoms with Gasteiger partial charge in [-0.05, 0) is 36.8 Å². The molecule has 0 bridgehead atoms. The molecule has 28 heavy (non-hydrogen) atoms. The van der Waals surface area contributed by atoms with Gasteiger partial charge in [-0.1, -0.05) is 25.1 Å². The second kappa shape index (κ2) is 8.61. The van der Waals surface area contributed by atoms with Crippen LogP contribution in [0, 0.1) is 11.8 Å². The van der Waals surface area contributed by atoms with Gasteiger partial charge in [-0.2, -0.15) is 0 Å². The van der Waals surface area contributed by atoms with Crippen molar-refractivity contribution in [2.75, 3.05) is 37.3 Å². The van der Waals surface area contributed by atoms with Gasteiger partial charge in [0.05, 0.1) is 12.2 Å². The molecule has 1 aromatic carbocycles. The monoisotopic (exact) mass is 407 g/mol. The van der Waals surface area contributed by atoms with Crippen molar-refractivity contribution in [1.82, 2.24) is 9.62 Å². The number of anilines is 1. The lowest BCUT2D eigenvalue weighted by Crippen LogP contribution is -2.42. The molecule has 1 atom stereocenters. The molecular weight excluding hydrogens is 378 g/mol. The highest BCUT2D eigenvalue weighted by Crippen LogP contribution is 2.28. The van der Waals surface area contributed by atoms with Crippen LogP contribution < -0.4 is 10.2 Å². The predicted octanol–water partition coefficient (Wildman–Crippen LogP) is 1.39. The van der Waals surface area contributed by atoms with Gasteiger partial charge in [-0.3, -0.25) is 9.59 Å². The topological polar surface area (TPSA) is 86.8 Å². The first-order valence-corrected chi connectivity index (χ1v) is 11.8. The van der Waals surface area contributed by atoms with Crippen molar-refractivity contribution in [3.63, 3.8) is 0 Å². The van der Waals surface area contributed by atoms with Crippen LogP contribution in [0.25, 0.3) is 0 Å². The Labute approximate surface area is 167 Å². The smallest absolute Gasteiger partial charge is 0.227 e. The molecule has 2 heterocycles. The summed E-state index contributed by atoms with van der Waals surface area (Å²) in [6.45, 7) is 4.01. The minimum atomic E-state index is -3.14. The number of nitrogens with zero attached hydrogens (tertiary/aromatic N) is 2. The average Bonchev–Trinajstić information content (AvgIpc) is 3.07. The Balaban J connectivity index is 1.52. The Morgan fingerprint density at radius 1 is 1.21 bits per heavy atom. The maximum absolute atomic E-state index is 12.6. The number of benzene rings is 1. The maximum Gasteiger partial charge on any atom is 0.227 e. The van der Waals surface area contributed by atoms with Gasteiger partial charge in [0, 0.05) is 38.3 Å². The summed E-state index contributed by atoms with van der Waals surface area (Å²) in [5.74, 6) is -0.164. The number of sulfonamides is 1. The number of amides is 2. The van der Waals surface area contributed by atoms with E-state index in [0.29, 0.717) is 26.2 Å². The molecule has 2 saturated heterocycles. The Morgan fingerprint density at radius 2 is 1.89 bits per heavy atom. The van der Waals surface area contributed by atoms with Crippen LogP contribution in [0.2, 0.25) is 0 Å². The van der Waals surface area contributed by atoms with E-state index < -0.39 is 10.0 Å². The summed E-state index contributed by atoms with van der Waals surface area (Å²) >= 11 is 0. The van der Waals surface area contributed by atoms with Crippen molar-refractivity contribution >= 4 is 27.5 Å². The summed E-state index contributed by atoms with van der Waals surface area (Å²) in [6.07, 6.45) is 3.79. The highest BCUT2D eigenvalue weighted by molar-refractivity contribution is 7.88. The zero-order chi connectivity index (χ0) is 20.3. The largest absolute Gasteiger partial charge is 0.356 e. The Hall–Kier alpha value is -1.93. The molecule has 1 N–H and O–H groups in total. The van der Waals surface area contributed by atoms with Gasteiger partial charge in [0.25, 0.3) is 0 Å². The first kappa shape index (κ1) is 20.8. The van der Waals surface area contributed by atoms with Crippen LogP contribution in [-0.4, -0.2) is 57.0 Å². The molecule has 7 nitrogen and oxygen atoms in total. The van der Waals surface area contributed by atoms with Crippen LogP contribution in [0.5, 0.6) is 0 Å². The number of aryl methyl sites for hydroxylation is 1. The fourth-order valence-corrected chi connectivity index (χ4v) is 4.90. The van der Waals surface area contributed by atoms with Crippen LogP contribution in [0.15, 0.2) is 24.3 Å². The van der Waals surface area contributed by atoms with Crippen LogP contribution in [0.4, 0.5) is 5.69 Å². The van der Waals surface area contributed by atoms with Crippen LogP contribution in [0.3, 0.4) is 0 Å². The lowest BCUT2D eigenvalue weighted by atomic mass is 9.97. The number of nitrogens with one attached hydrogen (secondary N) is 1. The zero-order valence-corrected chi connectivity index (χ0v) is 17.4. The van der Waals surface area contributed by atoms with Crippen LogP contribution in [-0.2, 0) is 26.0 Å². The Bertz CT molecular complexity index is 832. The van der Waals surface area contributed by atoms with E-state index >= 15 is 0 Å². The van der Waals surface area contributed by atoms with Gasteiger partial charge in [0.15, 0.2) is 0 Å². The fraction of sp³-hybridized carbons (Fsp3) is 0.600. The summed E-state index contributed by atoms with van der Waals surface area (Å²) in [5, 5.41) is 2.98. The number of carbonyl (C=O) groups excluding carboxylic acids is 2. The molecule has 2 aliphatic rings. The standard InChI is InChI=1S/C20H29N3O4S/c1-3-16-6-4-5-7-18(16)23-14-17(12-19(23)24)20(25)21-13-15-8-10-22(11-9-15)28(2,26)27/h4-7,15,17H,3,8-14H2,1-2H3,(H,21,25). The number of hydrogen-bond donors (Lipinski definition) is 1. The van der Waals surface area contributed by atoms with E-state index in [4.69, 9.17) is 0 Å². The fourth-order valence-electron chi connectivity index (χ4n) is 4.02. The number of carbonyl (C=O) groups is 2. The zero-order valence-electron chi connectivity index (χ0n) is 16.6. The number of rotatable bonds is 6. The third kappa shape index (κ3) is 4.72. The summed E-state index contributed by atoms with van der Waals surface area (Å²) in [5.41, 5.74) is 2.01. The van der Waals surface area contributed by atoms with Gasteiger partial charge in [0.2, 0.25) is 21.8 Å². The van der Waals surface area contributed by atoms with Gasteiger partial charge >= 0.3 is 0 Å². The molecule has 1 aromatic rings. The molecule has 0 spiro atoms. The quantitative estimate of drug-likeness (QED) is 0.772. The number of piperidine rings is 1. The molecular formula is C20H29N3O4S. The lowest BCUT2D eigenvalue weighted by Gasteiger charge is -2.30. The second-order valence-electron chi connectivity index (χ2n) is 7.74. The first-order chi connectivity index (χ1) is 13.3. The van der Waals surface area contributed by atoms with Crippen LogP contribution >= 0.6 is 0 Å². The first-order valence-electron chi connectivity index (χ1n) is 9.90. The summed E-state index contributed by atoms with van der Waals surface area (Å²) in [7, 11) is -3.14. The van der Waals surface area contributed by atoms with Gasteiger partial charge in [0.1, 0.15) is 0 Å². The summed E-state index contributed by atoms with van der Waals surface area (Å²) in [4.78, 5) is 26.8. The molecule has 1 unspecified atom stereocenters. The molecule has 154 valence electrons. The van der Waals surface area contributed by atoms with Crippen molar-refractivity contribution in [3.05, 3.63) is 29.8 Å². The second-order valence-corrected chi connectivity index (χ2v) is 9.72. The molecule has 0 aliphatic carbocycles. The highest BCUT2D eigenvalue weighted by atomic mass is 32.2. The molecule has 8 heteroatoms. The lowest BCUT2D eigenvalue weighted by molar-refractivity contribution is -0.126. The molecule has 3 rings (SSSR count). The molecule has 0 aromatic heterocycles. The average molecular weight is 408 g/mol. The molecule has 2 aliphatic heterocycles. The minimum absolute atomic E-state index is 0.0116. The van der Waals surface area contributed by atoms with E-state index in [2.05, 4.69) is 12.2 Å². The molecule has 2 amide bonds. The Morgan fingerprint density at radius 3 is 2.54 bits per heavy atom. The van der Waals surface area contributed by atoms with E-state index in [1.807, 2.05) is 24.3 Å².